The summed E-state index contributed by atoms with van der Waals surface area (Å²) in [6.45, 7) is 2.04. The number of fused-ring (bicyclic) bond motifs is 1. The van der Waals surface area contributed by atoms with E-state index in [1.165, 1.54) is 5.56 Å². The molecule has 22 heavy (non-hydrogen) atoms. The molecule has 0 bridgehead atoms. The third-order valence-corrected chi connectivity index (χ3v) is 3.43. The van der Waals surface area contributed by atoms with Gasteiger partial charge in [-0.1, -0.05) is 35.9 Å². The minimum Gasteiger partial charge on any atom is -0.481 e. The fraction of sp³-hybridized carbons (Fsp3) is 0.111. The van der Waals surface area contributed by atoms with Gasteiger partial charge >= 0.3 is 5.97 Å². The molecule has 0 aliphatic rings. The Labute approximate surface area is 128 Å². The smallest absolute Gasteiger partial charge is 0.309 e. The van der Waals surface area contributed by atoms with E-state index < -0.39 is 5.97 Å². The van der Waals surface area contributed by atoms with Crippen LogP contribution in [0.4, 0.5) is 11.4 Å². The van der Waals surface area contributed by atoms with Crippen molar-refractivity contribution in [1.29, 1.82) is 0 Å². The third kappa shape index (κ3) is 3.06. The molecule has 0 radical (unpaired) electrons. The summed E-state index contributed by atoms with van der Waals surface area (Å²) >= 11 is 0. The van der Waals surface area contributed by atoms with Crippen LogP contribution < -0.4 is 5.32 Å². The number of anilines is 2. The highest BCUT2D eigenvalue weighted by molar-refractivity contribution is 5.93. The monoisotopic (exact) mass is 292 g/mol. The Bertz CT molecular complexity index is 826. The van der Waals surface area contributed by atoms with Crippen molar-refractivity contribution < 1.29 is 9.90 Å². The van der Waals surface area contributed by atoms with Crippen LogP contribution in [0, 0.1) is 6.92 Å². The molecular formula is C18H16N2O2. The number of aryl methyl sites for hydroxylation is 1. The van der Waals surface area contributed by atoms with Gasteiger partial charge in [-0.15, -0.1) is 0 Å². The maximum Gasteiger partial charge on any atom is 0.309 e. The van der Waals surface area contributed by atoms with Gasteiger partial charge in [0.05, 0.1) is 17.6 Å². The highest BCUT2D eigenvalue weighted by atomic mass is 16.4. The van der Waals surface area contributed by atoms with Crippen LogP contribution in [-0.2, 0) is 11.2 Å². The highest BCUT2D eigenvalue weighted by Crippen LogP contribution is 2.26. The number of nitrogens with one attached hydrogen (secondary N) is 1. The average Bonchev–Trinajstić information content (AvgIpc) is 2.49. The predicted octanol–water partition coefficient (Wildman–Crippen LogP) is 3.91. The summed E-state index contributed by atoms with van der Waals surface area (Å²) in [6.07, 6.45) is -0.0899. The topological polar surface area (TPSA) is 62.2 Å². The van der Waals surface area contributed by atoms with E-state index >= 15 is 0 Å². The number of carboxylic acids is 1. The van der Waals surface area contributed by atoms with Crippen LogP contribution in [0.2, 0.25) is 0 Å². The van der Waals surface area contributed by atoms with Gasteiger partial charge in [-0.3, -0.25) is 9.78 Å². The first-order chi connectivity index (χ1) is 10.6. The zero-order chi connectivity index (χ0) is 15.5. The number of hydrogen-bond donors (Lipinski definition) is 2. The summed E-state index contributed by atoms with van der Waals surface area (Å²) in [5.41, 5.74) is 4.35. The second kappa shape index (κ2) is 5.85. The van der Waals surface area contributed by atoms with E-state index in [2.05, 4.69) is 10.3 Å². The largest absolute Gasteiger partial charge is 0.481 e. The Morgan fingerprint density at radius 3 is 2.59 bits per heavy atom. The summed E-state index contributed by atoms with van der Waals surface area (Å²) in [5, 5.41) is 13.3. The molecule has 0 amide bonds. The van der Waals surface area contributed by atoms with Crippen LogP contribution in [0.25, 0.3) is 10.9 Å². The molecule has 0 saturated carbocycles. The molecule has 0 saturated heterocycles. The molecule has 3 rings (SSSR count). The van der Waals surface area contributed by atoms with E-state index in [0.717, 1.165) is 22.3 Å². The molecule has 0 unspecified atom stereocenters. The zero-order valence-electron chi connectivity index (χ0n) is 12.2. The van der Waals surface area contributed by atoms with Gasteiger partial charge < -0.3 is 10.4 Å². The minimum atomic E-state index is -0.885. The van der Waals surface area contributed by atoms with Crippen molar-refractivity contribution in [1.82, 2.24) is 4.98 Å². The van der Waals surface area contributed by atoms with Gasteiger partial charge in [0.2, 0.25) is 0 Å². The van der Waals surface area contributed by atoms with Gasteiger partial charge in [-0.25, -0.2) is 0 Å². The van der Waals surface area contributed by atoms with Crippen molar-refractivity contribution in [3.05, 3.63) is 65.9 Å². The Morgan fingerprint density at radius 1 is 1.14 bits per heavy atom. The standard InChI is InChI=1S/C18H16N2O2/c1-12-6-8-13(9-7-12)19-17-10-14(11-18(21)22)20-16-5-3-2-4-15(16)17/h2-10H,11H2,1H3,(H,19,20)(H,21,22). The lowest BCUT2D eigenvalue weighted by Gasteiger charge is -2.11. The van der Waals surface area contributed by atoms with Crippen LogP contribution >= 0.6 is 0 Å². The summed E-state index contributed by atoms with van der Waals surface area (Å²) in [6, 6.07) is 17.6. The molecule has 0 fully saturated rings. The van der Waals surface area contributed by atoms with Crippen molar-refractivity contribution in [2.45, 2.75) is 13.3 Å². The zero-order valence-corrected chi connectivity index (χ0v) is 12.2. The maximum absolute atomic E-state index is 11.0. The van der Waals surface area contributed by atoms with Crippen molar-refractivity contribution in [2.75, 3.05) is 5.32 Å². The number of carboxylic acid groups (broad SMARTS) is 1. The number of hydrogen-bond acceptors (Lipinski definition) is 3. The second-order valence-corrected chi connectivity index (χ2v) is 5.24. The fourth-order valence-electron chi connectivity index (χ4n) is 2.37. The van der Waals surface area contributed by atoms with Crippen LogP contribution in [0.3, 0.4) is 0 Å². The summed E-state index contributed by atoms with van der Waals surface area (Å²) in [4.78, 5) is 15.4. The van der Waals surface area contributed by atoms with Gasteiger partial charge in [0.25, 0.3) is 0 Å². The first-order valence-corrected chi connectivity index (χ1v) is 7.06. The number of benzene rings is 2. The quantitative estimate of drug-likeness (QED) is 0.765. The highest BCUT2D eigenvalue weighted by Gasteiger charge is 2.08. The van der Waals surface area contributed by atoms with Gasteiger partial charge in [0.1, 0.15) is 0 Å². The molecule has 3 aromatic rings. The number of para-hydroxylation sites is 1. The normalized spacial score (nSPS) is 10.6. The number of nitrogens with zero attached hydrogens (tertiary/aromatic N) is 1. The molecule has 1 aromatic heterocycles. The Balaban J connectivity index is 2.05. The Hall–Kier alpha value is -2.88. The molecule has 1 heterocycles. The van der Waals surface area contributed by atoms with Gasteiger partial charge in [-0.05, 0) is 31.2 Å². The number of aliphatic carboxylic acids is 1. The van der Waals surface area contributed by atoms with Crippen LogP contribution in [0.5, 0.6) is 0 Å². The molecule has 0 aliphatic heterocycles. The summed E-state index contributed by atoms with van der Waals surface area (Å²) in [5.74, 6) is -0.885. The van der Waals surface area contributed by atoms with E-state index in [0.29, 0.717) is 5.69 Å². The predicted molar refractivity (Wildman–Crippen MR) is 87.5 cm³/mol. The number of carbonyl (C=O) groups is 1. The first-order valence-electron chi connectivity index (χ1n) is 7.06. The number of rotatable bonds is 4. The minimum absolute atomic E-state index is 0.0899. The molecule has 4 nitrogen and oxygen atoms in total. The Morgan fingerprint density at radius 2 is 1.86 bits per heavy atom. The van der Waals surface area contributed by atoms with E-state index in [-0.39, 0.29) is 6.42 Å². The van der Waals surface area contributed by atoms with Crippen molar-refractivity contribution in [3.63, 3.8) is 0 Å². The molecule has 0 spiro atoms. The molecule has 110 valence electrons. The number of pyridine rings is 1. The molecular weight excluding hydrogens is 276 g/mol. The average molecular weight is 292 g/mol. The lowest BCUT2D eigenvalue weighted by atomic mass is 10.1. The number of aromatic nitrogens is 1. The van der Waals surface area contributed by atoms with Crippen LogP contribution in [0.15, 0.2) is 54.6 Å². The summed E-state index contributed by atoms with van der Waals surface area (Å²) < 4.78 is 0. The fourth-order valence-corrected chi connectivity index (χ4v) is 2.37. The van der Waals surface area contributed by atoms with Crippen molar-refractivity contribution in [3.8, 4) is 0 Å². The van der Waals surface area contributed by atoms with Gasteiger partial charge in [0, 0.05) is 16.8 Å². The summed E-state index contributed by atoms with van der Waals surface area (Å²) in [7, 11) is 0. The molecule has 2 N–H and O–H groups in total. The van der Waals surface area contributed by atoms with Crippen LogP contribution in [0.1, 0.15) is 11.3 Å². The SMILES string of the molecule is Cc1ccc(Nc2cc(CC(=O)O)nc3ccccc23)cc1. The molecule has 0 atom stereocenters. The second-order valence-electron chi connectivity index (χ2n) is 5.24. The maximum atomic E-state index is 11.0. The lowest BCUT2D eigenvalue weighted by molar-refractivity contribution is -0.136. The first kappa shape index (κ1) is 14.1. The van der Waals surface area contributed by atoms with E-state index in [4.69, 9.17) is 5.11 Å². The van der Waals surface area contributed by atoms with Gasteiger partial charge in [-0.2, -0.15) is 0 Å². The van der Waals surface area contributed by atoms with Crippen molar-refractivity contribution >= 4 is 28.2 Å². The van der Waals surface area contributed by atoms with Crippen molar-refractivity contribution in [2.24, 2.45) is 0 Å². The van der Waals surface area contributed by atoms with E-state index in [1.807, 2.05) is 55.5 Å². The Kier molecular flexibility index (Phi) is 3.74. The van der Waals surface area contributed by atoms with E-state index in [1.54, 1.807) is 6.07 Å². The molecule has 4 heteroatoms. The molecule has 0 aliphatic carbocycles. The van der Waals surface area contributed by atoms with E-state index in [9.17, 15) is 4.79 Å². The lowest BCUT2D eigenvalue weighted by Crippen LogP contribution is -2.04. The molecule has 2 aromatic carbocycles. The van der Waals surface area contributed by atoms with Gasteiger partial charge in [0.15, 0.2) is 0 Å². The van der Waals surface area contributed by atoms with Crippen LogP contribution in [-0.4, -0.2) is 16.1 Å². The third-order valence-electron chi connectivity index (χ3n) is 3.43.